The Kier molecular flexibility index (Phi) is 5.26. The lowest BCUT2D eigenvalue weighted by Gasteiger charge is -2.37. The molecule has 2 saturated heterocycles. The zero-order chi connectivity index (χ0) is 12.1. The van der Waals surface area contributed by atoms with Gasteiger partial charge >= 0.3 is 0 Å². The monoisotopic (exact) mass is 240 g/mol. The van der Waals surface area contributed by atoms with E-state index in [-0.39, 0.29) is 0 Å². The molecule has 0 aromatic rings. The predicted octanol–water partition coefficient (Wildman–Crippen LogP) is 2.02. The van der Waals surface area contributed by atoms with Crippen molar-refractivity contribution in [3.05, 3.63) is 0 Å². The Hall–Kier alpha value is -0.120. The van der Waals surface area contributed by atoms with Gasteiger partial charge in [0.1, 0.15) is 0 Å². The molecule has 0 saturated carbocycles. The summed E-state index contributed by atoms with van der Waals surface area (Å²) in [6, 6.07) is 0.745. The van der Waals surface area contributed by atoms with Gasteiger partial charge in [0.15, 0.2) is 0 Å². The SMILES string of the molecule is CC[C@H](C)N1CCC(OC2CCNCC2)CC1. The normalized spacial score (nSPS) is 27.2. The molecule has 0 radical (unpaired) electrons. The molecule has 0 aromatic carbocycles. The number of nitrogens with one attached hydrogen (secondary N) is 1. The van der Waals surface area contributed by atoms with Crippen molar-refractivity contribution in [2.75, 3.05) is 26.2 Å². The molecule has 3 heteroatoms. The molecule has 2 fully saturated rings. The van der Waals surface area contributed by atoms with Crippen LogP contribution >= 0.6 is 0 Å². The second-order valence-electron chi connectivity index (χ2n) is 5.58. The van der Waals surface area contributed by atoms with Crippen molar-refractivity contribution in [3.8, 4) is 0 Å². The summed E-state index contributed by atoms with van der Waals surface area (Å²) in [5.74, 6) is 0. The van der Waals surface area contributed by atoms with Gasteiger partial charge in [0.25, 0.3) is 0 Å². The van der Waals surface area contributed by atoms with E-state index in [1.54, 1.807) is 0 Å². The first-order chi connectivity index (χ1) is 8.29. The van der Waals surface area contributed by atoms with Crippen LogP contribution in [0.4, 0.5) is 0 Å². The second kappa shape index (κ2) is 6.72. The Morgan fingerprint density at radius 1 is 1.12 bits per heavy atom. The molecule has 0 aromatic heterocycles. The van der Waals surface area contributed by atoms with E-state index in [2.05, 4.69) is 24.1 Å². The summed E-state index contributed by atoms with van der Waals surface area (Å²) in [7, 11) is 0. The molecule has 2 aliphatic rings. The Morgan fingerprint density at radius 3 is 2.29 bits per heavy atom. The lowest BCUT2D eigenvalue weighted by molar-refractivity contribution is -0.0569. The minimum absolute atomic E-state index is 0.524. The maximum atomic E-state index is 6.23. The molecule has 1 atom stereocenters. The van der Waals surface area contributed by atoms with Crippen molar-refractivity contribution >= 4 is 0 Å². The topological polar surface area (TPSA) is 24.5 Å². The minimum atomic E-state index is 0.524. The maximum Gasteiger partial charge on any atom is 0.0603 e. The zero-order valence-electron chi connectivity index (χ0n) is 11.5. The smallest absolute Gasteiger partial charge is 0.0603 e. The van der Waals surface area contributed by atoms with Crippen LogP contribution in [-0.4, -0.2) is 49.3 Å². The van der Waals surface area contributed by atoms with Crippen LogP contribution in [0.5, 0.6) is 0 Å². The van der Waals surface area contributed by atoms with Crippen LogP contribution in [0, 0.1) is 0 Å². The molecule has 1 N–H and O–H groups in total. The first-order valence-corrected chi connectivity index (χ1v) is 7.39. The van der Waals surface area contributed by atoms with E-state index in [1.807, 2.05) is 0 Å². The average Bonchev–Trinajstić information content (AvgIpc) is 2.40. The number of rotatable bonds is 4. The number of hydrogen-bond acceptors (Lipinski definition) is 3. The molecule has 0 unspecified atom stereocenters. The highest BCUT2D eigenvalue weighted by Gasteiger charge is 2.25. The van der Waals surface area contributed by atoms with Gasteiger partial charge in [0.2, 0.25) is 0 Å². The fraction of sp³-hybridized carbons (Fsp3) is 1.00. The Labute approximate surface area is 106 Å². The van der Waals surface area contributed by atoms with Crippen LogP contribution in [0.2, 0.25) is 0 Å². The van der Waals surface area contributed by atoms with E-state index in [1.165, 1.54) is 45.2 Å². The van der Waals surface area contributed by atoms with Crippen LogP contribution < -0.4 is 5.32 Å². The lowest BCUT2D eigenvalue weighted by Crippen LogP contribution is -2.43. The fourth-order valence-electron chi connectivity index (χ4n) is 2.91. The number of piperidine rings is 2. The first-order valence-electron chi connectivity index (χ1n) is 7.39. The highest BCUT2D eigenvalue weighted by Crippen LogP contribution is 2.20. The summed E-state index contributed by atoms with van der Waals surface area (Å²) in [5, 5.41) is 3.39. The van der Waals surface area contributed by atoms with Gasteiger partial charge in [-0.3, -0.25) is 0 Å². The number of nitrogens with zero attached hydrogens (tertiary/aromatic N) is 1. The highest BCUT2D eigenvalue weighted by molar-refractivity contribution is 4.78. The van der Waals surface area contributed by atoms with Crippen molar-refractivity contribution in [2.24, 2.45) is 0 Å². The van der Waals surface area contributed by atoms with Gasteiger partial charge in [-0.15, -0.1) is 0 Å². The van der Waals surface area contributed by atoms with Gasteiger partial charge in [0.05, 0.1) is 12.2 Å². The Morgan fingerprint density at radius 2 is 1.71 bits per heavy atom. The Balaban J connectivity index is 1.67. The van der Waals surface area contributed by atoms with Crippen LogP contribution in [-0.2, 0) is 4.74 Å². The molecular formula is C14H28N2O. The van der Waals surface area contributed by atoms with Crippen molar-refractivity contribution in [2.45, 2.75) is 64.2 Å². The average molecular weight is 240 g/mol. The van der Waals surface area contributed by atoms with Crippen LogP contribution in [0.3, 0.4) is 0 Å². The quantitative estimate of drug-likeness (QED) is 0.813. The third-order valence-corrected chi connectivity index (χ3v) is 4.36. The van der Waals surface area contributed by atoms with Crippen molar-refractivity contribution in [3.63, 3.8) is 0 Å². The predicted molar refractivity (Wildman–Crippen MR) is 71.3 cm³/mol. The van der Waals surface area contributed by atoms with Gasteiger partial charge in [-0.2, -0.15) is 0 Å². The van der Waals surface area contributed by atoms with E-state index < -0.39 is 0 Å². The third-order valence-electron chi connectivity index (χ3n) is 4.36. The third kappa shape index (κ3) is 3.94. The summed E-state index contributed by atoms with van der Waals surface area (Å²) in [6.07, 6.45) is 7.18. The van der Waals surface area contributed by atoms with Gasteiger partial charge in [-0.1, -0.05) is 6.92 Å². The molecule has 0 spiro atoms. The van der Waals surface area contributed by atoms with Gasteiger partial charge in [-0.05, 0) is 52.1 Å². The van der Waals surface area contributed by atoms with Crippen LogP contribution in [0.25, 0.3) is 0 Å². The number of likely N-dealkylation sites (tertiary alicyclic amines) is 1. The number of ether oxygens (including phenoxy) is 1. The summed E-state index contributed by atoms with van der Waals surface area (Å²) < 4.78 is 6.23. The standard InChI is InChI=1S/C14H28N2O/c1-3-12(2)16-10-6-14(7-11-16)17-13-4-8-15-9-5-13/h12-15H,3-11H2,1-2H3/t12-/m0/s1. The summed E-state index contributed by atoms with van der Waals surface area (Å²) in [4.78, 5) is 2.61. The number of hydrogen-bond donors (Lipinski definition) is 1. The van der Waals surface area contributed by atoms with Gasteiger partial charge in [0, 0.05) is 19.1 Å². The van der Waals surface area contributed by atoms with Gasteiger partial charge < -0.3 is 15.0 Å². The van der Waals surface area contributed by atoms with E-state index in [4.69, 9.17) is 4.74 Å². The van der Waals surface area contributed by atoms with Crippen LogP contribution in [0.15, 0.2) is 0 Å². The second-order valence-corrected chi connectivity index (χ2v) is 5.58. The summed E-state index contributed by atoms with van der Waals surface area (Å²) in [5.41, 5.74) is 0. The van der Waals surface area contributed by atoms with E-state index in [0.717, 1.165) is 19.1 Å². The molecule has 0 amide bonds. The van der Waals surface area contributed by atoms with Crippen molar-refractivity contribution in [1.82, 2.24) is 10.2 Å². The zero-order valence-corrected chi connectivity index (χ0v) is 11.5. The van der Waals surface area contributed by atoms with E-state index in [9.17, 15) is 0 Å². The fourth-order valence-corrected chi connectivity index (χ4v) is 2.91. The largest absolute Gasteiger partial charge is 0.375 e. The molecule has 2 heterocycles. The molecule has 100 valence electrons. The Bertz CT molecular complexity index is 208. The maximum absolute atomic E-state index is 6.23. The molecule has 0 aliphatic carbocycles. The van der Waals surface area contributed by atoms with E-state index in [0.29, 0.717) is 12.2 Å². The molecule has 2 aliphatic heterocycles. The minimum Gasteiger partial charge on any atom is -0.375 e. The summed E-state index contributed by atoms with van der Waals surface area (Å²) in [6.45, 7) is 9.35. The van der Waals surface area contributed by atoms with Crippen molar-refractivity contribution < 1.29 is 4.74 Å². The molecule has 0 bridgehead atoms. The van der Waals surface area contributed by atoms with E-state index >= 15 is 0 Å². The summed E-state index contributed by atoms with van der Waals surface area (Å²) >= 11 is 0. The van der Waals surface area contributed by atoms with Crippen molar-refractivity contribution in [1.29, 1.82) is 0 Å². The molecule has 3 nitrogen and oxygen atoms in total. The first kappa shape index (κ1) is 13.3. The van der Waals surface area contributed by atoms with Gasteiger partial charge in [-0.25, -0.2) is 0 Å². The molecular weight excluding hydrogens is 212 g/mol. The lowest BCUT2D eigenvalue weighted by atomic mass is 10.0. The van der Waals surface area contributed by atoms with Crippen LogP contribution in [0.1, 0.15) is 46.0 Å². The molecule has 17 heavy (non-hydrogen) atoms. The molecule has 2 rings (SSSR count). The highest BCUT2D eigenvalue weighted by atomic mass is 16.5.